The Morgan fingerprint density at radius 1 is 1.00 bits per heavy atom. The molecular formula is C15H35N. The van der Waals surface area contributed by atoms with Crippen molar-refractivity contribution in [1.29, 1.82) is 0 Å². The van der Waals surface area contributed by atoms with Crippen molar-refractivity contribution < 1.29 is 0 Å². The summed E-state index contributed by atoms with van der Waals surface area (Å²) in [4.78, 5) is 2.61. The molecule has 1 nitrogen and oxygen atoms in total. The first kappa shape index (κ1) is 18.3. The van der Waals surface area contributed by atoms with Crippen molar-refractivity contribution in [2.45, 2.75) is 67.7 Å². The van der Waals surface area contributed by atoms with Crippen molar-refractivity contribution in [3.8, 4) is 0 Å². The largest absolute Gasteiger partial charge is 0.303 e. The van der Waals surface area contributed by atoms with Gasteiger partial charge in [-0.05, 0) is 50.7 Å². The molecule has 1 aliphatic rings. The minimum atomic E-state index is 0.897. The van der Waals surface area contributed by atoms with Crippen LogP contribution in [0.4, 0.5) is 0 Å². The number of likely N-dealkylation sites (tertiary alicyclic amines) is 1. The summed E-state index contributed by atoms with van der Waals surface area (Å²) in [5.41, 5.74) is 0. The maximum absolute atomic E-state index is 2.61. The number of piperidine rings is 1. The zero-order valence-electron chi connectivity index (χ0n) is 12.8. The van der Waals surface area contributed by atoms with E-state index >= 15 is 0 Å². The first-order chi connectivity index (χ1) is 7.74. The topological polar surface area (TPSA) is 3.24 Å². The number of rotatable bonds is 3. The Kier molecular flexibility index (Phi) is 14.9. The van der Waals surface area contributed by atoms with E-state index in [0.29, 0.717) is 0 Å². The summed E-state index contributed by atoms with van der Waals surface area (Å²) in [5, 5.41) is 0. The van der Waals surface area contributed by atoms with Gasteiger partial charge >= 0.3 is 0 Å². The van der Waals surface area contributed by atoms with Crippen LogP contribution in [-0.2, 0) is 0 Å². The number of hydrogen-bond acceptors (Lipinski definition) is 1. The smallest absolute Gasteiger partial charge is 0.00160 e. The standard InChI is InChI=1S/C11H23N.2C2H6/c1-4-7-12-8-5-11(6-9-12)10(2)3;2*1-2/h10-11H,4-9H2,1-3H3;2*1-2H3. The van der Waals surface area contributed by atoms with E-state index in [2.05, 4.69) is 25.7 Å². The van der Waals surface area contributed by atoms with Crippen molar-refractivity contribution in [3.05, 3.63) is 0 Å². The van der Waals surface area contributed by atoms with Crippen molar-refractivity contribution in [3.63, 3.8) is 0 Å². The molecule has 0 aromatic rings. The van der Waals surface area contributed by atoms with E-state index in [1.165, 1.54) is 38.9 Å². The van der Waals surface area contributed by atoms with Gasteiger partial charge in [0.05, 0.1) is 0 Å². The summed E-state index contributed by atoms with van der Waals surface area (Å²) in [5.74, 6) is 1.90. The third-order valence-corrected chi connectivity index (χ3v) is 3.11. The van der Waals surface area contributed by atoms with Gasteiger partial charge in [-0.25, -0.2) is 0 Å². The monoisotopic (exact) mass is 229 g/mol. The van der Waals surface area contributed by atoms with E-state index in [1.54, 1.807) is 0 Å². The van der Waals surface area contributed by atoms with Crippen LogP contribution in [0.15, 0.2) is 0 Å². The quantitative estimate of drug-likeness (QED) is 0.671. The fourth-order valence-corrected chi connectivity index (χ4v) is 2.16. The molecule has 0 aliphatic carbocycles. The molecule has 1 aliphatic heterocycles. The molecular weight excluding hydrogens is 194 g/mol. The molecule has 0 spiro atoms. The Morgan fingerprint density at radius 3 is 1.75 bits per heavy atom. The molecule has 0 bridgehead atoms. The molecule has 0 unspecified atom stereocenters. The minimum Gasteiger partial charge on any atom is -0.303 e. The van der Waals surface area contributed by atoms with E-state index in [0.717, 1.165) is 11.8 Å². The zero-order chi connectivity index (χ0) is 13.0. The Bertz CT molecular complexity index is 113. The summed E-state index contributed by atoms with van der Waals surface area (Å²) < 4.78 is 0. The predicted octanol–water partition coefficient (Wildman–Crippen LogP) is 4.82. The van der Waals surface area contributed by atoms with Gasteiger partial charge in [-0.2, -0.15) is 0 Å². The van der Waals surface area contributed by atoms with Gasteiger partial charge in [-0.15, -0.1) is 0 Å². The molecule has 100 valence electrons. The van der Waals surface area contributed by atoms with E-state index in [1.807, 2.05) is 27.7 Å². The first-order valence-electron chi connectivity index (χ1n) is 7.46. The molecule has 0 atom stereocenters. The Balaban J connectivity index is 0. The summed E-state index contributed by atoms with van der Waals surface area (Å²) in [7, 11) is 0. The maximum atomic E-state index is 2.61. The van der Waals surface area contributed by atoms with Crippen LogP contribution in [0, 0.1) is 11.8 Å². The maximum Gasteiger partial charge on any atom is -0.00160 e. The van der Waals surface area contributed by atoms with E-state index < -0.39 is 0 Å². The van der Waals surface area contributed by atoms with Crippen LogP contribution >= 0.6 is 0 Å². The van der Waals surface area contributed by atoms with Gasteiger partial charge in [0.1, 0.15) is 0 Å². The molecule has 0 aromatic carbocycles. The highest BCUT2D eigenvalue weighted by Gasteiger charge is 2.20. The van der Waals surface area contributed by atoms with E-state index in [-0.39, 0.29) is 0 Å². The highest BCUT2D eigenvalue weighted by Crippen LogP contribution is 2.24. The lowest BCUT2D eigenvalue weighted by atomic mass is 9.87. The zero-order valence-corrected chi connectivity index (χ0v) is 12.8. The molecule has 16 heavy (non-hydrogen) atoms. The van der Waals surface area contributed by atoms with Crippen LogP contribution in [0.25, 0.3) is 0 Å². The van der Waals surface area contributed by atoms with Gasteiger partial charge < -0.3 is 4.90 Å². The molecule has 1 saturated heterocycles. The van der Waals surface area contributed by atoms with Crippen LogP contribution in [0.2, 0.25) is 0 Å². The first-order valence-corrected chi connectivity index (χ1v) is 7.46. The Hall–Kier alpha value is -0.0400. The molecule has 0 N–H and O–H groups in total. The van der Waals surface area contributed by atoms with E-state index in [4.69, 9.17) is 0 Å². The van der Waals surface area contributed by atoms with Gasteiger partial charge in [0.2, 0.25) is 0 Å². The molecule has 0 saturated carbocycles. The molecule has 1 fully saturated rings. The summed E-state index contributed by atoms with van der Waals surface area (Å²) >= 11 is 0. The lowest BCUT2D eigenvalue weighted by Gasteiger charge is -2.33. The number of hydrogen-bond donors (Lipinski definition) is 0. The van der Waals surface area contributed by atoms with E-state index in [9.17, 15) is 0 Å². The third kappa shape index (κ3) is 8.15. The minimum absolute atomic E-state index is 0.897. The van der Waals surface area contributed by atoms with Crippen LogP contribution in [0.5, 0.6) is 0 Å². The Morgan fingerprint density at radius 2 is 1.44 bits per heavy atom. The number of nitrogens with zero attached hydrogens (tertiary/aromatic N) is 1. The van der Waals surface area contributed by atoms with Gasteiger partial charge in [0, 0.05) is 0 Å². The molecule has 1 heteroatoms. The SMILES string of the molecule is CC.CC.CCCN1CCC(C(C)C)CC1. The van der Waals surface area contributed by atoms with Crippen LogP contribution in [-0.4, -0.2) is 24.5 Å². The van der Waals surface area contributed by atoms with Crippen LogP contribution in [0.1, 0.15) is 67.7 Å². The fourth-order valence-electron chi connectivity index (χ4n) is 2.16. The Labute approximate surface area is 105 Å². The molecule has 0 aromatic heterocycles. The van der Waals surface area contributed by atoms with Gasteiger partial charge in [-0.1, -0.05) is 48.5 Å². The van der Waals surface area contributed by atoms with Crippen LogP contribution < -0.4 is 0 Å². The molecule has 1 rings (SSSR count). The molecule has 1 heterocycles. The highest BCUT2D eigenvalue weighted by molar-refractivity contribution is 4.73. The summed E-state index contributed by atoms with van der Waals surface area (Å²) in [6.45, 7) is 19.0. The summed E-state index contributed by atoms with van der Waals surface area (Å²) in [6, 6.07) is 0. The normalized spacial score (nSPS) is 17.2. The second kappa shape index (κ2) is 13.0. The molecule has 0 amide bonds. The van der Waals surface area contributed by atoms with Crippen molar-refractivity contribution in [1.82, 2.24) is 4.90 Å². The second-order valence-corrected chi connectivity index (χ2v) is 4.42. The molecule has 0 radical (unpaired) electrons. The summed E-state index contributed by atoms with van der Waals surface area (Å²) in [6.07, 6.45) is 4.17. The van der Waals surface area contributed by atoms with Gasteiger partial charge in [-0.3, -0.25) is 0 Å². The third-order valence-electron chi connectivity index (χ3n) is 3.11. The lowest BCUT2D eigenvalue weighted by Crippen LogP contribution is -2.35. The van der Waals surface area contributed by atoms with Crippen molar-refractivity contribution in [2.24, 2.45) is 11.8 Å². The average Bonchev–Trinajstić information content (AvgIpc) is 2.35. The predicted molar refractivity (Wildman–Crippen MR) is 77.0 cm³/mol. The van der Waals surface area contributed by atoms with Crippen molar-refractivity contribution in [2.75, 3.05) is 19.6 Å². The lowest BCUT2D eigenvalue weighted by molar-refractivity contribution is 0.158. The highest BCUT2D eigenvalue weighted by atomic mass is 15.1. The fraction of sp³-hybridized carbons (Fsp3) is 1.00. The van der Waals surface area contributed by atoms with Crippen molar-refractivity contribution >= 4 is 0 Å². The van der Waals surface area contributed by atoms with Gasteiger partial charge in [0.25, 0.3) is 0 Å². The van der Waals surface area contributed by atoms with Gasteiger partial charge in [0.15, 0.2) is 0 Å². The second-order valence-electron chi connectivity index (χ2n) is 4.42. The van der Waals surface area contributed by atoms with Crippen LogP contribution in [0.3, 0.4) is 0 Å². The average molecular weight is 229 g/mol.